The quantitative estimate of drug-likeness (QED) is 0.877. The topological polar surface area (TPSA) is 58.2 Å². The molecule has 1 unspecified atom stereocenters. The van der Waals surface area contributed by atoms with Crippen molar-refractivity contribution in [2.24, 2.45) is 0 Å². The summed E-state index contributed by atoms with van der Waals surface area (Å²) in [4.78, 5) is 0. The molecular weight excluding hydrogens is 320 g/mol. The van der Waals surface area contributed by atoms with Gasteiger partial charge >= 0.3 is 0 Å². The summed E-state index contributed by atoms with van der Waals surface area (Å²) < 4.78 is 25.5. The molecule has 0 amide bonds. The Labute approximate surface area is 144 Å². The highest BCUT2D eigenvalue weighted by Crippen LogP contribution is 2.44. The van der Waals surface area contributed by atoms with E-state index in [2.05, 4.69) is 49.0 Å². The van der Waals surface area contributed by atoms with Gasteiger partial charge in [-0.25, -0.2) is 8.42 Å². The highest BCUT2D eigenvalue weighted by atomic mass is 32.2. The van der Waals surface area contributed by atoms with Gasteiger partial charge in [0.2, 0.25) is 10.0 Å². The van der Waals surface area contributed by atoms with Crippen LogP contribution in [0.2, 0.25) is 0 Å². The van der Waals surface area contributed by atoms with Crippen LogP contribution in [-0.2, 0) is 15.4 Å². The van der Waals surface area contributed by atoms with Crippen LogP contribution < -0.4 is 10.0 Å². The lowest BCUT2D eigenvalue weighted by molar-refractivity contribution is 0.427. The average molecular weight is 344 g/mol. The van der Waals surface area contributed by atoms with Crippen molar-refractivity contribution < 1.29 is 8.42 Å². The summed E-state index contributed by atoms with van der Waals surface area (Å²) in [7, 11) is -3.27. The third kappa shape index (κ3) is 3.56. The van der Waals surface area contributed by atoms with E-state index >= 15 is 0 Å². The normalized spacial score (nSPS) is 19.2. The molecule has 2 aromatic rings. The maximum absolute atomic E-state index is 11.5. The molecule has 0 aliphatic carbocycles. The highest BCUT2D eigenvalue weighted by molar-refractivity contribution is 7.92. The average Bonchev–Trinajstić information content (AvgIpc) is 2.46. The second kappa shape index (κ2) is 5.81. The van der Waals surface area contributed by atoms with Gasteiger partial charge in [-0.3, -0.25) is 4.72 Å². The van der Waals surface area contributed by atoms with Gasteiger partial charge in [0, 0.05) is 11.4 Å². The molecule has 0 saturated heterocycles. The number of fused-ring (bicyclic) bond motifs is 1. The Morgan fingerprint density at radius 2 is 1.92 bits per heavy atom. The van der Waals surface area contributed by atoms with Gasteiger partial charge in [-0.05, 0) is 48.1 Å². The lowest BCUT2D eigenvalue weighted by Gasteiger charge is -2.39. The number of hydrogen-bond acceptors (Lipinski definition) is 3. The van der Waals surface area contributed by atoms with Crippen LogP contribution >= 0.6 is 0 Å². The van der Waals surface area contributed by atoms with E-state index in [9.17, 15) is 8.42 Å². The zero-order chi connectivity index (χ0) is 17.5. The number of sulfonamides is 1. The van der Waals surface area contributed by atoms with Crippen LogP contribution in [0.3, 0.4) is 0 Å². The van der Waals surface area contributed by atoms with Crippen LogP contribution in [0, 0.1) is 6.92 Å². The first-order valence-electron chi connectivity index (χ1n) is 8.09. The van der Waals surface area contributed by atoms with Gasteiger partial charge in [0.25, 0.3) is 0 Å². The van der Waals surface area contributed by atoms with Crippen LogP contribution in [0.15, 0.2) is 42.5 Å². The number of aryl methyl sites for hydroxylation is 1. The Bertz CT molecular complexity index is 873. The van der Waals surface area contributed by atoms with Crippen molar-refractivity contribution in [1.82, 2.24) is 0 Å². The Kier molecular flexibility index (Phi) is 4.08. The number of nitrogens with one attached hydrogen (secondary N) is 2. The second-order valence-corrected chi connectivity index (χ2v) is 9.08. The van der Waals surface area contributed by atoms with E-state index in [1.807, 2.05) is 18.2 Å². The molecule has 0 saturated carbocycles. The van der Waals surface area contributed by atoms with E-state index in [4.69, 9.17) is 0 Å². The lowest BCUT2D eigenvalue weighted by Crippen LogP contribution is -2.31. The molecule has 1 heterocycles. The number of anilines is 2. The zero-order valence-corrected chi connectivity index (χ0v) is 15.4. The molecule has 1 aliphatic heterocycles. The van der Waals surface area contributed by atoms with Gasteiger partial charge in [-0.1, -0.05) is 43.7 Å². The Hall–Kier alpha value is -2.01. The summed E-state index contributed by atoms with van der Waals surface area (Å²) in [6, 6.07) is 14.3. The standard InChI is InChI=1S/C19H24N2O2S/c1-13-8-9-17-16(10-13)19(2,3)12-18(20-17)14-6-5-7-15(11-14)21-24(4,22)23/h5-11,18,20-21H,12H2,1-4H3. The predicted octanol–water partition coefficient (Wildman–Crippen LogP) is 4.20. The maximum atomic E-state index is 11.5. The van der Waals surface area contributed by atoms with Crippen molar-refractivity contribution in [3.05, 3.63) is 59.2 Å². The van der Waals surface area contributed by atoms with Crippen molar-refractivity contribution in [2.45, 2.75) is 38.6 Å². The third-order valence-electron chi connectivity index (χ3n) is 4.54. The predicted molar refractivity (Wildman–Crippen MR) is 100 cm³/mol. The molecule has 1 aliphatic rings. The first kappa shape index (κ1) is 16.8. The Morgan fingerprint density at radius 3 is 2.62 bits per heavy atom. The monoisotopic (exact) mass is 344 g/mol. The Morgan fingerprint density at radius 1 is 1.17 bits per heavy atom. The van der Waals surface area contributed by atoms with Gasteiger partial charge in [0.05, 0.1) is 12.3 Å². The molecule has 0 bridgehead atoms. The lowest BCUT2D eigenvalue weighted by atomic mass is 9.73. The molecule has 3 rings (SSSR count). The van der Waals surface area contributed by atoms with Crippen molar-refractivity contribution in [2.75, 3.05) is 16.3 Å². The first-order valence-corrected chi connectivity index (χ1v) is 9.99. The second-order valence-electron chi connectivity index (χ2n) is 7.33. The SMILES string of the molecule is Cc1ccc2c(c1)C(C)(C)CC(c1cccc(NS(C)(=O)=O)c1)N2. The fourth-order valence-electron chi connectivity index (χ4n) is 3.44. The smallest absolute Gasteiger partial charge is 0.229 e. The largest absolute Gasteiger partial charge is 0.378 e. The van der Waals surface area contributed by atoms with E-state index < -0.39 is 10.0 Å². The van der Waals surface area contributed by atoms with Crippen molar-refractivity contribution in [3.8, 4) is 0 Å². The van der Waals surface area contributed by atoms with E-state index in [0.29, 0.717) is 5.69 Å². The molecule has 5 heteroatoms. The number of hydrogen-bond donors (Lipinski definition) is 2. The minimum Gasteiger partial charge on any atom is -0.378 e. The molecule has 0 fully saturated rings. The molecule has 0 radical (unpaired) electrons. The molecule has 2 aromatic carbocycles. The van der Waals surface area contributed by atoms with Crippen LogP contribution in [0.5, 0.6) is 0 Å². The molecular formula is C19H24N2O2S. The van der Waals surface area contributed by atoms with Gasteiger partial charge < -0.3 is 5.32 Å². The summed E-state index contributed by atoms with van der Waals surface area (Å²) in [5, 5.41) is 3.61. The molecule has 2 N–H and O–H groups in total. The summed E-state index contributed by atoms with van der Waals surface area (Å²) in [5.74, 6) is 0. The van der Waals surface area contributed by atoms with Gasteiger partial charge in [0.15, 0.2) is 0 Å². The summed E-state index contributed by atoms with van der Waals surface area (Å²) in [5.41, 5.74) is 5.50. The fraction of sp³-hybridized carbons (Fsp3) is 0.368. The highest BCUT2D eigenvalue weighted by Gasteiger charge is 2.33. The van der Waals surface area contributed by atoms with Crippen LogP contribution in [-0.4, -0.2) is 14.7 Å². The van der Waals surface area contributed by atoms with Crippen molar-refractivity contribution in [3.63, 3.8) is 0 Å². The van der Waals surface area contributed by atoms with Crippen LogP contribution in [0.25, 0.3) is 0 Å². The van der Waals surface area contributed by atoms with E-state index in [1.54, 1.807) is 6.07 Å². The van der Waals surface area contributed by atoms with Crippen LogP contribution in [0.1, 0.15) is 43.0 Å². The minimum atomic E-state index is -3.27. The summed E-state index contributed by atoms with van der Waals surface area (Å²) >= 11 is 0. The fourth-order valence-corrected chi connectivity index (χ4v) is 3.99. The molecule has 24 heavy (non-hydrogen) atoms. The maximum Gasteiger partial charge on any atom is 0.229 e. The molecule has 0 spiro atoms. The van der Waals surface area contributed by atoms with Crippen molar-refractivity contribution >= 4 is 21.4 Å². The summed E-state index contributed by atoms with van der Waals surface area (Å²) in [6.07, 6.45) is 2.12. The third-order valence-corrected chi connectivity index (χ3v) is 5.15. The number of benzene rings is 2. The minimum absolute atomic E-state index is 0.0531. The van der Waals surface area contributed by atoms with E-state index in [0.717, 1.165) is 17.7 Å². The molecule has 0 aromatic heterocycles. The molecule has 1 atom stereocenters. The van der Waals surface area contributed by atoms with Gasteiger partial charge in [0.1, 0.15) is 0 Å². The Balaban J connectivity index is 1.94. The molecule has 128 valence electrons. The van der Waals surface area contributed by atoms with Gasteiger partial charge in [-0.2, -0.15) is 0 Å². The molecule has 4 nitrogen and oxygen atoms in total. The van der Waals surface area contributed by atoms with Crippen molar-refractivity contribution in [1.29, 1.82) is 0 Å². The van der Waals surface area contributed by atoms with Crippen LogP contribution in [0.4, 0.5) is 11.4 Å². The first-order chi connectivity index (χ1) is 11.1. The summed E-state index contributed by atoms with van der Waals surface area (Å²) in [6.45, 7) is 6.64. The van der Waals surface area contributed by atoms with Gasteiger partial charge in [-0.15, -0.1) is 0 Å². The zero-order valence-electron chi connectivity index (χ0n) is 14.6. The number of rotatable bonds is 3. The van der Waals surface area contributed by atoms with E-state index in [1.165, 1.54) is 17.4 Å². The van der Waals surface area contributed by atoms with E-state index in [-0.39, 0.29) is 11.5 Å².